The van der Waals surface area contributed by atoms with Crippen molar-refractivity contribution in [3.63, 3.8) is 0 Å². The van der Waals surface area contributed by atoms with Gasteiger partial charge in [-0.15, -0.1) is 0 Å². The molecule has 0 aromatic carbocycles. The van der Waals surface area contributed by atoms with Gasteiger partial charge in [0.15, 0.2) is 5.82 Å². The van der Waals surface area contributed by atoms with E-state index in [0.717, 1.165) is 18.9 Å². The van der Waals surface area contributed by atoms with Gasteiger partial charge in [-0.3, -0.25) is 0 Å². The van der Waals surface area contributed by atoms with Gasteiger partial charge >= 0.3 is 0 Å². The molecule has 98 valence electrons. The maximum Gasteiger partial charge on any atom is 0.261 e. The van der Waals surface area contributed by atoms with Crippen LogP contribution in [0.2, 0.25) is 0 Å². The largest absolute Gasteiger partial charge is 0.373 e. The average Bonchev–Trinajstić information content (AvgIpc) is 2.90. The summed E-state index contributed by atoms with van der Waals surface area (Å²) < 4.78 is 45.5. The molecule has 3 rings (SSSR count). The van der Waals surface area contributed by atoms with Gasteiger partial charge in [-0.05, 0) is 31.4 Å². The molecule has 0 saturated carbocycles. The Balaban J connectivity index is 1.82. The summed E-state index contributed by atoms with van der Waals surface area (Å²) in [7, 11) is -3.91. The van der Waals surface area contributed by atoms with E-state index in [-0.39, 0.29) is 18.2 Å². The number of halogens is 1. The Hall–Kier alpha value is -1.05. The number of hydrogen-bond acceptors (Lipinski definition) is 4. The van der Waals surface area contributed by atoms with E-state index in [1.54, 1.807) is 0 Å². The van der Waals surface area contributed by atoms with E-state index >= 15 is 0 Å². The Morgan fingerprint density at radius 1 is 1.44 bits per heavy atom. The molecule has 7 heteroatoms. The van der Waals surface area contributed by atoms with E-state index in [0.29, 0.717) is 6.42 Å². The predicted octanol–water partition coefficient (Wildman–Crippen LogP) is 0.819. The fourth-order valence-corrected chi connectivity index (χ4v) is 3.87. The number of pyridine rings is 1. The lowest BCUT2D eigenvalue weighted by Crippen LogP contribution is -2.41. The van der Waals surface area contributed by atoms with Crippen LogP contribution in [0.25, 0.3) is 0 Å². The quantitative estimate of drug-likeness (QED) is 0.884. The summed E-state index contributed by atoms with van der Waals surface area (Å²) in [5, 5.41) is -0.548. The first-order valence-corrected chi connectivity index (χ1v) is 7.33. The first kappa shape index (κ1) is 12.0. The number of ether oxygens (including phenoxy) is 1. The normalized spacial score (nSPS) is 30.8. The SMILES string of the molecule is O=S(=O)(NC1CC2CCC1O2)c1ncccc1F. The monoisotopic (exact) mass is 272 g/mol. The second-order valence-electron chi connectivity index (χ2n) is 4.63. The van der Waals surface area contributed by atoms with Crippen LogP contribution >= 0.6 is 0 Å². The highest BCUT2D eigenvalue weighted by molar-refractivity contribution is 7.89. The molecule has 0 amide bonds. The Morgan fingerprint density at radius 3 is 2.89 bits per heavy atom. The first-order chi connectivity index (χ1) is 8.56. The first-order valence-electron chi connectivity index (χ1n) is 5.84. The van der Waals surface area contributed by atoms with Gasteiger partial charge in [0.05, 0.1) is 18.2 Å². The van der Waals surface area contributed by atoms with E-state index < -0.39 is 20.9 Å². The molecule has 3 atom stereocenters. The summed E-state index contributed by atoms with van der Waals surface area (Å²) in [6.45, 7) is 0. The fourth-order valence-electron chi connectivity index (χ4n) is 2.59. The molecule has 1 aromatic heterocycles. The van der Waals surface area contributed by atoms with Crippen molar-refractivity contribution in [1.82, 2.24) is 9.71 Å². The number of rotatable bonds is 3. The molecule has 0 spiro atoms. The van der Waals surface area contributed by atoms with E-state index in [9.17, 15) is 12.8 Å². The van der Waals surface area contributed by atoms with Crippen LogP contribution in [0.4, 0.5) is 4.39 Å². The summed E-state index contributed by atoms with van der Waals surface area (Å²) in [5.74, 6) is -0.839. The van der Waals surface area contributed by atoms with Gasteiger partial charge in [-0.25, -0.2) is 22.5 Å². The van der Waals surface area contributed by atoms with Crippen molar-refractivity contribution in [2.75, 3.05) is 0 Å². The second kappa shape index (κ2) is 4.25. The minimum atomic E-state index is -3.91. The van der Waals surface area contributed by atoms with Crippen LogP contribution in [0, 0.1) is 5.82 Å². The van der Waals surface area contributed by atoms with Crippen LogP contribution in [0.15, 0.2) is 23.4 Å². The summed E-state index contributed by atoms with van der Waals surface area (Å²) in [4.78, 5) is 3.59. The average molecular weight is 272 g/mol. The lowest BCUT2D eigenvalue weighted by atomic mass is 9.96. The number of nitrogens with one attached hydrogen (secondary N) is 1. The van der Waals surface area contributed by atoms with Crippen LogP contribution in [0.5, 0.6) is 0 Å². The maximum absolute atomic E-state index is 13.4. The second-order valence-corrected chi connectivity index (χ2v) is 6.26. The molecule has 18 heavy (non-hydrogen) atoms. The lowest BCUT2D eigenvalue weighted by molar-refractivity contribution is 0.0995. The van der Waals surface area contributed by atoms with Crippen LogP contribution in [-0.4, -0.2) is 31.7 Å². The van der Waals surface area contributed by atoms with Crippen molar-refractivity contribution in [2.24, 2.45) is 0 Å². The minimum absolute atomic E-state index is 0.0865. The number of aromatic nitrogens is 1. The Bertz CT molecular complexity index is 563. The lowest BCUT2D eigenvalue weighted by Gasteiger charge is -2.19. The summed E-state index contributed by atoms with van der Waals surface area (Å²) >= 11 is 0. The van der Waals surface area contributed by atoms with Gasteiger partial charge in [0.25, 0.3) is 10.0 Å². The smallest absolute Gasteiger partial charge is 0.261 e. The van der Waals surface area contributed by atoms with Gasteiger partial charge in [0.2, 0.25) is 5.03 Å². The topological polar surface area (TPSA) is 68.3 Å². The number of nitrogens with zero attached hydrogens (tertiary/aromatic N) is 1. The molecule has 2 bridgehead atoms. The van der Waals surface area contributed by atoms with Crippen LogP contribution in [-0.2, 0) is 14.8 Å². The summed E-state index contributed by atoms with van der Waals surface area (Å²) in [6, 6.07) is 2.17. The van der Waals surface area contributed by atoms with E-state index in [1.165, 1.54) is 12.3 Å². The standard InChI is InChI=1S/C11H13FN2O3S/c12-8-2-1-5-13-11(8)18(15,16)14-9-6-7-3-4-10(9)17-7/h1-2,5,7,9-10,14H,3-4,6H2. The zero-order valence-corrected chi connectivity index (χ0v) is 10.4. The highest BCUT2D eigenvalue weighted by Crippen LogP contribution is 2.34. The summed E-state index contributed by atoms with van der Waals surface area (Å²) in [6.07, 6.45) is 3.78. The highest BCUT2D eigenvalue weighted by atomic mass is 32.2. The van der Waals surface area contributed by atoms with Crippen LogP contribution in [0.3, 0.4) is 0 Å². The van der Waals surface area contributed by atoms with E-state index in [1.807, 2.05) is 0 Å². The molecule has 2 saturated heterocycles. The van der Waals surface area contributed by atoms with Gasteiger partial charge < -0.3 is 4.74 Å². The van der Waals surface area contributed by atoms with Crippen molar-refractivity contribution in [2.45, 2.75) is 42.5 Å². The zero-order valence-electron chi connectivity index (χ0n) is 9.54. The Labute approximate surface area is 104 Å². The van der Waals surface area contributed by atoms with Crippen molar-refractivity contribution in [1.29, 1.82) is 0 Å². The third kappa shape index (κ3) is 2.02. The molecule has 3 unspecified atom stereocenters. The molecule has 2 aliphatic heterocycles. The molecule has 1 N–H and O–H groups in total. The summed E-state index contributed by atoms with van der Waals surface area (Å²) in [5.41, 5.74) is 0. The number of fused-ring (bicyclic) bond motifs is 2. The maximum atomic E-state index is 13.4. The number of sulfonamides is 1. The number of hydrogen-bond donors (Lipinski definition) is 1. The van der Waals surface area contributed by atoms with Gasteiger partial charge in [0.1, 0.15) is 0 Å². The molecule has 1 aromatic rings. The molecule has 2 fully saturated rings. The Morgan fingerprint density at radius 2 is 2.28 bits per heavy atom. The molecule has 0 aliphatic carbocycles. The predicted molar refractivity (Wildman–Crippen MR) is 60.8 cm³/mol. The van der Waals surface area contributed by atoms with Gasteiger partial charge in [0, 0.05) is 6.20 Å². The minimum Gasteiger partial charge on any atom is -0.373 e. The third-order valence-electron chi connectivity index (χ3n) is 3.39. The van der Waals surface area contributed by atoms with E-state index in [2.05, 4.69) is 9.71 Å². The molecule has 0 radical (unpaired) electrons. The molecule has 3 heterocycles. The van der Waals surface area contributed by atoms with E-state index in [4.69, 9.17) is 4.74 Å². The Kier molecular flexibility index (Phi) is 2.84. The highest BCUT2D eigenvalue weighted by Gasteiger charge is 2.43. The fraction of sp³-hybridized carbons (Fsp3) is 0.545. The zero-order chi connectivity index (χ0) is 12.8. The van der Waals surface area contributed by atoms with Crippen molar-refractivity contribution in [3.05, 3.63) is 24.1 Å². The molecule has 5 nitrogen and oxygen atoms in total. The van der Waals surface area contributed by atoms with Crippen LogP contribution < -0.4 is 4.72 Å². The van der Waals surface area contributed by atoms with Gasteiger partial charge in [-0.1, -0.05) is 0 Å². The third-order valence-corrected chi connectivity index (χ3v) is 4.81. The van der Waals surface area contributed by atoms with Crippen molar-refractivity contribution in [3.8, 4) is 0 Å². The van der Waals surface area contributed by atoms with Gasteiger partial charge in [-0.2, -0.15) is 0 Å². The molecular formula is C11H13FN2O3S. The van der Waals surface area contributed by atoms with Crippen LogP contribution in [0.1, 0.15) is 19.3 Å². The molecule has 2 aliphatic rings. The van der Waals surface area contributed by atoms with Crippen molar-refractivity contribution >= 4 is 10.0 Å². The molecular weight excluding hydrogens is 259 g/mol. The van der Waals surface area contributed by atoms with Crippen molar-refractivity contribution < 1.29 is 17.5 Å².